The minimum atomic E-state index is 0.0840. The molecular formula is C21H25N5O3S. The van der Waals surface area contributed by atoms with Crippen molar-refractivity contribution < 1.29 is 13.9 Å². The van der Waals surface area contributed by atoms with Gasteiger partial charge in [-0.05, 0) is 44.4 Å². The molecule has 158 valence electrons. The molecule has 1 amide bonds. The second-order valence-electron chi connectivity index (χ2n) is 7.32. The molecule has 1 aliphatic heterocycles. The predicted octanol–water partition coefficient (Wildman–Crippen LogP) is 2.72. The number of morpholine rings is 1. The Kier molecular flexibility index (Phi) is 6.12. The number of hydrogen-bond acceptors (Lipinski definition) is 6. The Hall–Kier alpha value is -2.75. The number of benzene rings is 1. The minimum Gasteiger partial charge on any atom is -0.469 e. The summed E-state index contributed by atoms with van der Waals surface area (Å²) in [7, 11) is 1.89. The van der Waals surface area contributed by atoms with Crippen molar-refractivity contribution in [3.8, 4) is 17.1 Å². The van der Waals surface area contributed by atoms with Gasteiger partial charge in [0.1, 0.15) is 5.76 Å². The average Bonchev–Trinajstić information content (AvgIpc) is 3.32. The zero-order valence-electron chi connectivity index (χ0n) is 17.2. The lowest BCUT2D eigenvalue weighted by molar-refractivity contribution is -0.136. The maximum atomic E-state index is 12.6. The average molecular weight is 428 g/mol. The van der Waals surface area contributed by atoms with Crippen LogP contribution in [0.2, 0.25) is 0 Å². The van der Waals surface area contributed by atoms with E-state index in [2.05, 4.69) is 0 Å². The molecule has 0 N–H and O–H groups in total. The monoisotopic (exact) mass is 427 g/mol. The number of furan rings is 1. The van der Waals surface area contributed by atoms with E-state index in [4.69, 9.17) is 26.5 Å². The number of ether oxygens (including phenoxy) is 1. The van der Waals surface area contributed by atoms with Gasteiger partial charge in [0, 0.05) is 18.8 Å². The number of para-hydroxylation sites is 1. The topological polar surface area (TPSA) is 68.7 Å². The number of hydrogen-bond donors (Lipinski definition) is 0. The van der Waals surface area contributed by atoms with Gasteiger partial charge in [-0.2, -0.15) is 0 Å². The zero-order chi connectivity index (χ0) is 21.1. The second-order valence-corrected chi connectivity index (χ2v) is 7.68. The van der Waals surface area contributed by atoms with Crippen molar-refractivity contribution in [3.63, 3.8) is 0 Å². The third-order valence-electron chi connectivity index (χ3n) is 5.10. The zero-order valence-corrected chi connectivity index (χ0v) is 18.0. The molecule has 0 radical (unpaired) electrons. The molecule has 1 saturated heterocycles. The van der Waals surface area contributed by atoms with Crippen LogP contribution in [-0.4, -0.2) is 70.0 Å². The number of carbonyl (C=O) groups is 1. The number of rotatable bonds is 6. The van der Waals surface area contributed by atoms with E-state index in [9.17, 15) is 4.79 Å². The molecule has 0 bridgehead atoms. The Labute approximate surface area is 180 Å². The van der Waals surface area contributed by atoms with Gasteiger partial charge in [-0.1, -0.05) is 18.2 Å². The van der Waals surface area contributed by atoms with Crippen LogP contribution in [0.5, 0.6) is 0 Å². The van der Waals surface area contributed by atoms with Crippen molar-refractivity contribution in [2.75, 3.05) is 39.9 Å². The van der Waals surface area contributed by atoms with Crippen molar-refractivity contribution >= 4 is 18.1 Å². The van der Waals surface area contributed by atoms with Crippen LogP contribution in [0.1, 0.15) is 5.76 Å². The maximum Gasteiger partial charge on any atom is 0.236 e. The Morgan fingerprint density at radius 2 is 1.93 bits per heavy atom. The molecule has 8 nitrogen and oxygen atoms in total. The molecule has 30 heavy (non-hydrogen) atoms. The molecule has 4 rings (SSSR count). The number of carbonyl (C=O) groups excluding carboxylic acids is 1. The van der Waals surface area contributed by atoms with Crippen molar-refractivity contribution in [2.24, 2.45) is 0 Å². The number of likely N-dealkylation sites (N-methyl/N-ethyl adjacent to an activating group) is 1. The lowest BCUT2D eigenvalue weighted by Crippen LogP contribution is -2.45. The number of amides is 1. The van der Waals surface area contributed by atoms with E-state index >= 15 is 0 Å². The summed E-state index contributed by atoms with van der Waals surface area (Å²) >= 11 is 5.76. The van der Waals surface area contributed by atoms with E-state index in [0.717, 1.165) is 17.0 Å². The van der Waals surface area contributed by atoms with Crippen LogP contribution in [0, 0.1) is 11.7 Å². The van der Waals surface area contributed by atoms with E-state index in [1.54, 1.807) is 10.9 Å². The largest absolute Gasteiger partial charge is 0.469 e. The van der Waals surface area contributed by atoms with Gasteiger partial charge in [0.2, 0.25) is 10.7 Å². The third kappa shape index (κ3) is 4.23. The molecule has 0 saturated carbocycles. The summed E-state index contributed by atoms with van der Waals surface area (Å²) in [5.74, 6) is 1.57. The normalized spacial score (nSPS) is 14.4. The van der Waals surface area contributed by atoms with Gasteiger partial charge in [-0.25, -0.2) is 4.68 Å². The Morgan fingerprint density at radius 1 is 1.20 bits per heavy atom. The van der Waals surface area contributed by atoms with Crippen LogP contribution in [0.15, 0.2) is 47.1 Å². The molecule has 9 heteroatoms. The maximum absolute atomic E-state index is 12.6. The molecule has 3 aromatic rings. The minimum absolute atomic E-state index is 0.0840. The van der Waals surface area contributed by atoms with Gasteiger partial charge in [0.25, 0.3) is 0 Å². The van der Waals surface area contributed by atoms with Crippen LogP contribution in [0.4, 0.5) is 0 Å². The highest BCUT2D eigenvalue weighted by atomic mass is 32.1. The quantitative estimate of drug-likeness (QED) is 0.564. The van der Waals surface area contributed by atoms with Crippen molar-refractivity contribution in [2.45, 2.75) is 13.6 Å². The van der Waals surface area contributed by atoms with E-state index in [-0.39, 0.29) is 5.91 Å². The lowest BCUT2D eigenvalue weighted by Gasteiger charge is -2.28. The fourth-order valence-corrected chi connectivity index (χ4v) is 3.81. The van der Waals surface area contributed by atoms with Crippen molar-refractivity contribution in [1.29, 1.82) is 0 Å². The van der Waals surface area contributed by atoms with Gasteiger partial charge in [0.15, 0.2) is 5.82 Å². The van der Waals surface area contributed by atoms with Gasteiger partial charge in [-0.3, -0.25) is 14.3 Å². The standard InChI is InChI=1S/C21H25N5O3S/c1-16-18(8-11-29-16)20-22-25(21(30)26(20)17-6-4-3-5-7-17)15-23(2)14-19(27)24-9-12-28-13-10-24/h3-8,11H,9-10,12-15H2,1-2H3. The molecule has 1 fully saturated rings. The second kappa shape index (κ2) is 8.95. The summed E-state index contributed by atoms with van der Waals surface area (Å²) in [4.78, 5) is 16.3. The highest BCUT2D eigenvalue weighted by molar-refractivity contribution is 7.71. The molecule has 0 spiro atoms. The predicted molar refractivity (Wildman–Crippen MR) is 115 cm³/mol. The summed E-state index contributed by atoms with van der Waals surface area (Å²) in [6, 6.07) is 11.8. The first-order valence-electron chi connectivity index (χ1n) is 9.88. The van der Waals surface area contributed by atoms with Crippen LogP contribution >= 0.6 is 12.2 Å². The van der Waals surface area contributed by atoms with E-state index in [1.165, 1.54) is 0 Å². The molecule has 1 aromatic carbocycles. The molecule has 2 aromatic heterocycles. The molecule has 0 atom stereocenters. The SMILES string of the molecule is Cc1occc1-c1nn(CN(C)CC(=O)N2CCOCC2)c(=S)n1-c1ccccc1. The first kappa shape index (κ1) is 20.5. The van der Waals surface area contributed by atoms with Gasteiger partial charge >= 0.3 is 0 Å². The fourth-order valence-electron chi connectivity index (χ4n) is 3.52. The summed E-state index contributed by atoms with van der Waals surface area (Å²) in [6.07, 6.45) is 1.65. The van der Waals surface area contributed by atoms with Crippen LogP contribution in [-0.2, 0) is 16.2 Å². The van der Waals surface area contributed by atoms with Gasteiger partial charge in [0.05, 0.1) is 38.3 Å². The number of aryl methyl sites for hydroxylation is 1. The summed E-state index contributed by atoms with van der Waals surface area (Å²) < 4.78 is 15.1. The van der Waals surface area contributed by atoms with Crippen molar-refractivity contribution in [1.82, 2.24) is 24.1 Å². The molecule has 0 unspecified atom stereocenters. The Balaban J connectivity index is 1.61. The molecule has 3 heterocycles. The number of aromatic nitrogens is 3. The third-order valence-corrected chi connectivity index (χ3v) is 5.49. The summed E-state index contributed by atoms with van der Waals surface area (Å²) in [5.41, 5.74) is 1.81. The Bertz CT molecular complexity index is 1070. The lowest BCUT2D eigenvalue weighted by atomic mass is 10.2. The van der Waals surface area contributed by atoms with Crippen LogP contribution in [0.25, 0.3) is 17.1 Å². The first-order chi connectivity index (χ1) is 14.5. The molecule has 1 aliphatic rings. The molecular weight excluding hydrogens is 402 g/mol. The molecule has 0 aliphatic carbocycles. The van der Waals surface area contributed by atoms with Gasteiger partial charge < -0.3 is 14.1 Å². The Morgan fingerprint density at radius 3 is 2.60 bits per heavy atom. The van der Waals surface area contributed by atoms with E-state index < -0.39 is 0 Å². The van der Waals surface area contributed by atoms with E-state index in [1.807, 2.05) is 64.7 Å². The highest BCUT2D eigenvalue weighted by Gasteiger charge is 2.21. The first-order valence-corrected chi connectivity index (χ1v) is 10.3. The van der Waals surface area contributed by atoms with Crippen LogP contribution < -0.4 is 0 Å². The van der Waals surface area contributed by atoms with Crippen molar-refractivity contribution in [3.05, 3.63) is 53.2 Å². The highest BCUT2D eigenvalue weighted by Crippen LogP contribution is 2.26. The summed E-state index contributed by atoms with van der Waals surface area (Å²) in [5, 5.41) is 4.78. The fraction of sp³-hybridized carbons (Fsp3) is 0.381. The van der Waals surface area contributed by atoms with Gasteiger partial charge in [-0.15, -0.1) is 5.10 Å². The van der Waals surface area contributed by atoms with Crippen LogP contribution in [0.3, 0.4) is 0 Å². The smallest absolute Gasteiger partial charge is 0.236 e. The van der Waals surface area contributed by atoms with E-state index in [0.29, 0.717) is 50.1 Å². The summed E-state index contributed by atoms with van der Waals surface area (Å²) in [6.45, 7) is 5.06. The number of nitrogens with zero attached hydrogens (tertiary/aromatic N) is 5.